The number of hydrogen-bond acceptors (Lipinski definition) is 4. The maximum absolute atomic E-state index is 13.5. The smallest absolute Gasteiger partial charge is 0.244 e. The molecule has 186 valence electrons. The molecule has 2 rings (SSSR count). The fraction of sp³-hybridized carbons (Fsp3) is 0.440. The summed E-state index contributed by atoms with van der Waals surface area (Å²) in [6.07, 6.45) is 1.89. The average Bonchev–Trinajstić information content (AvgIpc) is 2.73. The molecule has 1 N–H and O–H groups in total. The van der Waals surface area contributed by atoms with E-state index in [0.29, 0.717) is 5.69 Å². The SMILES string of the molecule is CCc1ccc(N(CC(=O)N(Cc2cccc(Br)c2)[C@@H](C)C(=O)NC(C)(C)C)S(C)(=O)=O)cc1. The van der Waals surface area contributed by atoms with Crippen molar-refractivity contribution in [2.24, 2.45) is 0 Å². The molecule has 0 saturated carbocycles. The number of anilines is 1. The summed E-state index contributed by atoms with van der Waals surface area (Å²) in [5.74, 6) is -0.782. The molecule has 0 unspecified atom stereocenters. The van der Waals surface area contributed by atoms with Crippen molar-refractivity contribution in [1.29, 1.82) is 0 Å². The van der Waals surface area contributed by atoms with Gasteiger partial charge >= 0.3 is 0 Å². The summed E-state index contributed by atoms with van der Waals surface area (Å²) in [5.41, 5.74) is 1.81. The van der Waals surface area contributed by atoms with E-state index >= 15 is 0 Å². The second-order valence-corrected chi connectivity index (χ2v) is 12.2. The zero-order chi connectivity index (χ0) is 25.7. The van der Waals surface area contributed by atoms with Crippen molar-refractivity contribution >= 4 is 43.5 Å². The van der Waals surface area contributed by atoms with Gasteiger partial charge in [0.15, 0.2) is 0 Å². The van der Waals surface area contributed by atoms with E-state index in [0.717, 1.165) is 32.6 Å². The first-order valence-electron chi connectivity index (χ1n) is 11.1. The maximum Gasteiger partial charge on any atom is 0.244 e. The molecule has 0 aliphatic rings. The van der Waals surface area contributed by atoms with E-state index in [1.54, 1.807) is 19.1 Å². The minimum absolute atomic E-state index is 0.156. The summed E-state index contributed by atoms with van der Waals surface area (Å²) in [5, 5.41) is 2.91. The minimum Gasteiger partial charge on any atom is -0.350 e. The normalized spacial score (nSPS) is 12.7. The molecule has 0 spiro atoms. The van der Waals surface area contributed by atoms with Crippen LogP contribution in [0.1, 0.15) is 45.7 Å². The molecule has 0 aliphatic carbocycles. The Morgan fingerprint density at radius 3 is 2.18 bits per heavy atom. The summed E-state index contributed by atoms with van der Waals surface area (Å²) in [4.78, 5) is 27.9. The lowest BCUT2D eigenvalue weighted by atomic mass is 10.1. The van der Waals surface area contributed by atoms with Crippen molar-refractivity contribution in [1.82, 2.24) is 10.2 Å². The van der Waals surface area contributed by atoms with Crippen LogP contribution in [0.15, 0.2) is 53.0 Å². The minimum atomic E-state index is -3.74. The highest BCUT2D eigenvalue weighted by Crippen LogP contribution is 2.21. The van der Waals surface area contributed by atoms with Crippen molar-refractivity contribution in [3.63, 3.8) is 0 Å². The molecule has 0 radical (unpaired) electrons. The van der Waals surface area contributed by atoms with Crippen LogP contribution in [0.3, 0.4) is 0 Å². The molecular weight excluding hydrogens is 518 g/mol. The largest absolute Gasteiger partial charge is 0.350 e. The van der Waals surface area contributed by atoms with Gasteiger partial charge < -0.3 is 10.2 Å². The summed E-state index contributed by atoms with van der Waals surface area (Å²) in [6.45, 7) is 9.00. The van der Waals surface area contributed by atoms with Crippen LogP contribution in [0.4, 0.5) is 5.69 Å². The molecular formula is C25H34BrN3O4S. The molecule has 34 heavy (non-hydrogen) atoms. The van der Waals surface area contributed by atoms with Crippen molar-refractivity contribution in [2.75, 3.05) is 17.1 Å². The first-order valence-corrected chi connectivity index (χ1v) is 13.8. The number of amides is 2. The van der Waals surface area contributed by atoms with Crippen LogP contribution in [0, 0.1) is 0 Å². The highest BCUT2D eigenvalue weighted by molar-refractivity contribution is 9.10. The lowest BCUT2D eigenvalue weighted by Gasteiger charge is -2.33. The molecule has 7 nitrogen and oxygen atoms in total. The van der Waals surface area contributed by atoms with Crippen LogP contribution >= 0.6 is 15.9 Å². The predicted molar refractivity (Wildman–Crippen MR) is 140 cm³/mol. The van der Waals surface area contributed by atoms with Crippen LogP contribution in [0.5, 0.6) is 0 Å². The third kappa shape index (κ3) is 8.13. The van der Waals surface area contributed by atoms with Gasteiger partial charge in [-0.2, -0.15) is 0 Å². The lowest BCUT2D eigenvalue weighted by Crippen LogP contribution is -2.54. The monoisotopic (exact) mass is 551 g/mol. The standard InChI is InChI=1S/C25H34BrN3O4S/c1-7-19-11-13-22(14-12-19)29(34(6,32)33)17-23(30)28(16-20-9-8-10-21(26)15-20)18(2)24(31)27-25(3,4)5/h8-15,18H,7,16-17H2,1-6H3,(H,27,31)/t18-/m0/s1. The van der Waals surface area contributed by atoms with E-state index in [9.17, 15) is 18.0 Å². The van der Waals surface area contributed by atoms with Crippen LogP contribution < -0.4 is 9.62 Å². The number of carbonyl (C=O) groups is 2. The van der Waals surface area contributed by atoms with Gasteiger partial charge in [-0.3, -0.25) is 13.9 Å². The molecule has 0 aromatic heterocycles. The van der Waals surface area contributed by atoms with Gasteiger partial charge in [-0.1, -0.05) is 47.1 Å². The van der Waals surface area contributed by atoms with Crippen molar-refractivity contribution < 1.29 is 18.0 Å². The second-order valence-electron chi connectivity index (χ2n) is 9.36. The number of rotatable bonds is 9. The van der Waals surface area contributed by atoms with E-state index in [2.05, 4.69) is 21.2 Å². The molecule has 2 aromatic carbocycles. The number of carbonyl (C=O) groups excluding carboxylic acids is 2. The van der Waals surface area contributed by atoms with Crippen LogP contribution in [-0.2, 0) is 32.6 Å². The van der Waals surface area contributed by atoms with Crippen LogP contribution in [0.25, 0.3) is 0 Å². The van der Waals surface area contributed by atoms with Crippen molar-refractivity contribution in [2.45, 2.75) is 59.2 Å². The Bertz CT molecular complexity index is 1110. The van der Waals surface area contributed by atoms with Gasteiger partial charge in [-0.05, 0) is 69.5 Å². The van der Waals surface area contributed by atoms with E-state index in [1.807, 2.05) is 64.1 Å². The van der Waals surface area contributed by atoms with E-state index < -0.39 is 34.1 Å². The molecule has 0 bridgehead atoms. The predicted octanol–water partition coefficient (Wildman–Crippen LogP) is 4.11. The number of aryl methyl sites for hydroxylation is 1. The lowest BCUT2D eigenvalue weighted by molar-refractivity contribution is -0.140. The third-order valence-electron chi connectivity index (χ3n) is 5.22. The van der Waals surface area contributed by atoms with Crippen molar-refractivity contribution in [3.05, 3.63) is 64.1 Å². The number of benzene rings is 2. The number of sulfonamides is 1. The van der Waals surface area contributed by atoms with E-state index in [1.165, 1.54) is 4.90 Å². The molecule has 0 fully saturated rings. The van der Waals surface area contributed by atoms with Crippen LogP contribution in [0.2, 0.25) is 0 Å². The Kier molecular flexibility index (Phi) is 9.30. The van der Waals surface area contributed by atoms with Gasteiger partial charge in [0, 0.05) is 16.6 Å². The number of nitrogens with one attached hydrogen (secondary N) is 1. The van der Waals surface area contributed by atoms with Crippen LogP contribution in [-0.4, -0.2) is 49.5 Å². The van der Waals surface area contributed by atoms with Gasteiger partial charge in [-0.15, -0.1) is 0 Å². The molecule has 0 saturated heterocycles. The second kappa shape index (κ2) is 11.4. The first-order chi connectivity index (χ1) is 15.7. The van der Waals surface area contributed by atoms with Gasteiger partial charge in [0.05, 0.1) is 11.9 Å². The third-order valence-corrected chi connectivity index (χ3v) is 6.85. The summed E-state index contributed by atoms with van der Waals surface area (Å²) in [6, 6.07) is 13.7. The summed E-state index contributed by atoms with van der Waals surface area (Å²) >= 11 is 3.43. The average molecular weight is 553 g/mol. The van der Waals surface area contributed by atoms with Gasteiger partial charge in [0.25, 0.3) is 0 Å². The number of halogens is 1. The Morgan fingerprint density at radius 1 is 1.06 bits per heavy atom. The highest BCUT2D eigenvalue weighted by Gasteiger charge is 2.31. The summed E-state index contributed by atoms with van der Waals surface area (Å²) < 4.78 is 27.1. The molecule has 1 atom stereocenters. The fourth-order valence-electron chi connectivity index (χ4n) is 3.40. The Balaban J connectivity index is 2.39. The Labute approximate surface area is 211 Å². The Hall–Kier alpha value is -2.39. The quantitative estimate of drug-likeness (QED) is 0.508. The zero-order valence-corrected chi connectivity index (χ0v) is 23.0. The zero-order valence-electron chi connectivity index (χ0n) is 20.6. The van der Waals surface area contributed by atoms with Gasteiger partial charge in [0.2, 0.25) is 21.8 Å². The molecule has 0 heterocycles. The first kappa shape index (κ1) is 27.9. The van der Waals surface area contributed by atoms with Gasteiger partial charge in [-0.25, -0.2) is 8.42 Å². The molecule has 9 heteroatoms. The fourth-order valence-corrected chi connectivity index (χ4v) is 4.70. The number of nitrogens with zero attached hydrogens (tertiary/aromatic N) is 2. The van der Waals surface area contributed by atoms with Crippen molar-refractivity contribution in [3.8, 4) is 0 Å². The summed E-state index contributed by atoms with van der Waals surface area (Å²) in [7, 11) is -3.74. The maximum atomic E-state index is 13.5. The number of hydrogen-bond donors (Lipinski definition) is 1. The van der Waals surface area contributed by atoms with Gasteiger partial charge in [0.1, 0.15) is 12.6 Å². The Morgan fingerprint density at radius 2 is 1.68 bits per heavy atom. The topological polar surface area (TPSA) is 86.8 Å². The highest BCUT2D eigenvalue weighted by atomic mass is 79.9. The van der Waals surface area contributed by atoms with E-state index in [4.69, 9.17) is 0 Å². The molecule has 2 aromatic rings. The van der Waals surface area contributed by atoms with E-state index in [-0.39, 0.29) is 12.5 Å². The molecule has 0 aliphatic heterocycles. The molecule has 2 amide bonds.